The molecule has 3 aromatic rings. The molecule has 1 saturated carbocycles. The second kappa shape index (κ2) is 6.32. The number of amides is 1. The first kappa shape index (κ1) is 16.4. The van der Waals surface area contributed by atoms with Crippen LogP contribution in [0, 0.1) is 6.92 Å². The van der Waals surface area contributed by atoms with Crippen LogP contribution in [-0.2, 0) is 16.9 Å². The van der Waals surface area contributed by atoms with Gasteiger partial charge in [-0.15, -0.1) is 5.10 Å². The van der Waals surface area contributed by atoms with Crippen molar-refractivity contribution in [2.24, 2.45) is 0 Å². The van der Waals surface area contributed by atoms with Gasteiger partial charge in [-0.2, -0.15) is 4.98 Å². The van der Waals surface area contributed by atoms with E-state index in [1.807, 2.05) is 0 Å². The molecule has 0 saturated heterocycles. The van der Waals surface area contributed by atoms with Gasteiger partial charge in [-0.25, -0.2) is 4.68 Å². The number of aryl methyl sites for hydroxylation is 1. The Labute approximate surface area is 148 Å². The Morgan fingerprint density at radius 1 is 1.31 bits per heavy atom. The zero-order valence-corrected chi connectivity index (χ0v) is 14.3. The highest BCUT2D eigenvalue weighted by molar-refractivity contribution is 5.78. The molecule has 1 aromatic carbocycles. The Morgan fingerprint density at radius 3 is 2.81 bits per heavy atom. The quantitative estimate of drug-likeness (QED) is 0.745. The SMILES string of the molecule is Cc1nc(C2(NC(=O)Cn3nnc4ccccc4c3=O)CCCC2)no1. The van der Waals surface area contributed by atoms with Crippen molar-refractivity contribution in [2.75, 3.05) is 0 Å². The van der Waals surface area contributed by atoms with Gasteiger partial charge in [0.25, 0.3) is 5.56 Å². The molecular formula is C17H18N6O3. The molecule has 0 unspecified atom stereocenters. The van der Waals surface area contributed by atoms with Crippen molar-refractivity contribution >= 4 is 16.8 Å². The molecule has 9 nitrogen and oxygen atoms in total. The number of carbonyl (C=O) groups excluding carboxylic acids is 1. The second-order valence-electron chi connectivity index (χ2n) is 6.54. The van der Waals surface area contributed by atoms with Gasteiger partial charge < -0.3 is 9.84 Å². The highest BCUT2D eigenvalue weighted by Gasteiger charge is 2.41. The third kappa shape index (κ3) is 2.85. The number of aromatic nitrogens is 5. The first-order valence-corrected chi connectivity index (χ1v) is 8.52. The number of hydrogen-bond donors (Lipinski definition) is 1. The first-order valence-electron chi connectivity index (χ1n) is 8.52. The van der Waals surface area contributed by atoms with Crippen molar-refractivity contribution in [1.82, 2.24) is 30.5 Å². The number of hydrogen-bond acceptors (Lipinski definition) is 7. The lowest BCUT2D eigenvalue weighted by Gasteiger charge is -2.26. The minimum Gasteiger partial charge on any atom is -0.342 e. The summed E-state index contributed by atoms with van der Waals surface area (Å²) in [7, 11) is 0. The lowest BCUT2D eigenvalue weighted by molar-refractivity contribution is -0.124. The molecular weight excluding hydrogens is 336 g/mol. The third-order valence-electron chi connectivity index (χ3n) is 4.71. The Hall–Kier alpha value is -3.10. The maximum atomic E-state index is 12.6. The number of fused-ring (bicyclic) bond motifs is 1. The van der Waals surface area contributed by atoms with E-state index >= 15 is 0 Å². The molecule has 4 rings (SSSR count). The number of benzene rings is 1. The average Bonchev–Trinajstić information content (AvgIpc) is 3.28. The lowest BCUT2D eigenvalue weighted by Crippen LogP contribution is -2.47. The highest BCUT2D eigenvalue weighted by Crippen LogP contribution is 2.37. The normalized spacial score (nSPS) is 16.0. The van der Waals surface area contributed by atoms with E-state index in [4.69, 9.17) is 4.52 Å². The van der Waals surface area contributed by atoms with Gasteiger partial charge in [0, 0.05) is 6.92 Å². The van der Waals surface area contributed by atoms with Crippen molar-refractivity contribution in [3.05, 3.63) is 46.3 Å². The number of rotatable bonds is 4. The third-order valence-corrected chi connectivity index (χ3v) is 4.71. The average molecular weight is 354 g/mol. The predicted octanol–water partition coefficient (Wildman–Crippen LogP) is 1.07. The standard InChI is InChI=1S/C17H18N6O3/c1-11-18-16(21-26-11)17(8-4-5-9-17)19-14(24)10-23-15(25)12-6-2-3-7-13(12)20-22-23/h2-3,6-7H,4-5,8-10H2,1H3,(H,19,24). The van der Waals surface area contributed by atoms with E-state index < -0.39 is 5.54 Å². The summed E-state index contributed by atoms with van der Waals surface area (Å²) in [6.07, 6.45) is 3.39. The molecule has 134 valence electrons. The Kier molecular flexibility index (Phi) is 3.98. The molecule has 0 bridgehead atoms. The first-order chi connectivity index (χ1) is 12.6. The summed E-state index contributed by atoms with van der Waals surface area (Å²) in [5, 5.41) is 15.3. The topological polar surface area (TPSA) is 116 Å². The summed E-state index contributed by atoms with van der Waals surface area (Å²) >= 11 is 0. The zero-order chi connectivity index (χ0) is 18.1. The molecule has 26 heavy (non-hydrogen) atoms. The minimum atomic E-state index is -0.650. The van der Waals surface area contributed by atoms with Crippen molar-refractivity contribution < 1.29 is 9.32 Å². The Bertz CT molecular complexity index is 1020. The van der Waals surface area contributed by atoms with Gasteiger partial charge in [0.05, 0.1) is 5.39 Å². The Morgan fingerprint density at radius 2 is 2.08 bits per heavy atom. The van der Waals surface area contributed by atoms with Crippen molar-refractivity contribution in [2.45, 2.75) is 44.7 Å². The maximum absolute atomic E-state index is 12.6. The van der Waals surface area contributed by atoms with Gasteiger partial charge >= 0.3 is 0 Å². The van der Waals surface area contributed by atoms with E-state index in [1.54, 1.807) is 31.2 Å². The van der Waals surface area contributed by atoms with Crippen LogP contribution in [0.4, 0.5) is 0 Å². The van der Waals surface area contributed by atoms with E-state index in [0.717, 1.165) is 30.4 Å². The molecule has 1 fully saturated rings. The molecule has 1 amide bonds. The fraction of sp³-hybridized carbons (Fsp3) is 0.412. The van der Waals surface area contributed by atoms with Gasteiger partial charge in [-0.05, 0) is 25.0 Å². The summed E-state index contributed by atoms with van der Waals surface area (Å²) in [5.74, 6) is 0.607. The molecule has 1 aliphatic carbocycles. The summed E-state index contributed by atoms with van der Waals surface area (Å²) in [6.45, 7) is 1.50. The fourth-order valence-corrected chi connectivity index (χ4v) is 3.45. The smallest absolute Gasteiger partial charge is 0.278 e. The molecule has 0 spiro atoms. The Balaban J connectivity index is 1.58. The van der Waals surface area contributed by atoms with E-state index in [-0.39, 0.29) is 18.0 Å². The number of nitrogens with zero attached hydrogens (tertiary/aromatic N) is 5. The van der Waals surface area contributed by atoms with Crippen LogP contribution >= 0.6 is 0 Å². The van der Waals surface area contributed by atoms with Gasteiger partial charge in [0.2, 0.25) is 11.8 Å². The van der Waals surface area contributed by atoms with Gasteiger partial charge in [-0.1, -0.05) is 35.3 Å². The van der Waals surface area contributed by atoms with Crippen molar-refractivity contribution in [1.29, 1.82) is 0 Å². The molecule has 1 aliphatic rings. The summed E-state index contributed by atoms with van der Waals surface area (Å²) < 4.78 is 6.15. The van der Waals surface area contributed by atoms with Crippen LogP contribution < -0.4 is 10.9 Å². The minimum absolute atomic E-state index is 0.213. The van der Waals surface area contributed by atoms with Gasteiger partial charge in [0.1, 0.15) is 17.6 Å². The summed E-state index contributed by atoms with van der Waals surface area (Å²) in [6, 6.07) is 6.91. The molecule has 2 heterocycles. The van der Waals surface area contributed by atoms with Gasteiger partial charge in [0.15, 0.2) is 5.82 Å². The molecule has 9 heteroatoms. The molecule has 0 atom stereocenters. The van der Waals surface area contributed by atoms with Crippen LogP contribution in [-0.4, -0.2) is 31.0 Å². The number of carbonyl (C=O) groups is 1. The van der Waals surface area contributed by atoms with Crippen molar-refractivity contribution in [3.63, 3.8) is 0 Å². The van der Waals surface area contributed by atoms with Crippen LogP contribution in [0.15, 0.2) is 33.6 Å². The van der Waals surface area contributed by atoms with E-state index in [1.165, 1.54) is 0 Å². The summed E-state index contributed by atoms with van der Waals surface area (Å²) in [4.78, 5) is 29.4. The van der Waals surface area contributed by atoms with Crippen LogP contribution in [0.1, 0.15) is 37.4 Å². The van der Waals surface area contributed by atoms with E-state index in [0.29, 0.717) is 22.6 Å². The van der Waals surface area contributed by atoms with Crippen LogP contribution in [0.2, 0.25) is 0 Å². The zero-order valence-electron chi connectivity index (χ0n) is 14.3. The van der Waals surface area contributed by atoms with Gasteiger partial charge in [-0.3, -0.25) is 9.59 Å². The van der Waals surface area contributed by atoms with Crippen LogP contribution in [0.25, 0.3) is 10.9 Å². The maximum Gasteiger partial charge on any atom is 0.278 e. The molecule has 1 N–H and O–H groups in total. The molecule has 0 aliphatic heterocycles. The molecule has 0 radical (unpaired) electrons. The lowest BCUT2D eigenvalue weighted by atomic mass is 9.96. The van der Waals surface area contributed by atoms with E-state index in [9.17, 15) is 9.59 Å². The number of nitrogens with one attached hydrogen (secondary N) is 1. The largest absolute Gasteiger partial charge is 0.342 e. The van der Waals surface area contributed by atoms with E-state index in [2.05, 4.69) is 25.8 Å². The second-order valence-corrected chi connectivity index (χ2v) is 6.54. The van der Waals surface area contributed by atoms with Crippen molar-refractivity contribution in [3.8, 4) is 0 Å². The monoisotopic (exact) mass is 354 g/mol. The van der Waals surface area contributed by atoms with Crippen LogP contribution in [0.5, 0.6) is 0 Å². The predicted molar refractivity (Wildman–Crippen MR) is 91.1 cm³/mol. The van der Waals surface area contributed by atoms with Crippen LogP contribution in [0.3, 0.4) is 0 Å². The highest BCUT2D eigenvalue weighted by atomic mass is 16.5. The fourth-order valence-electron chi connectivity index (χ4n) is 3.45. The summed E-state index contributed by atoms with van der Waals surface area (Å²) in [5.41, 5.74) is -0.492. The molecule has 2 aromatic heterocycles.